The average molecular weight is 311 g/mol. The molecule has 5 heteroatoms. The topological polar surface area (TPSA) is 34.1 Å². The molecule has 0 atom stereocenters. The molecule has 1 aliphatic heterocycles. The van der Waals surface area contributed by atoms with Gasteiger partial charge in [-0.25, -0.2) is 4.98 Å². The summed E-state index contributed by atoms with van der Waals surface area (Å²) in [5.74, 6) is 0. The zero-order valence-electron chi connectivity index (χ0n) is 6.76. The summed E-state index contributed by atoms with van der Waals surface area (Å²) in [5.41, 5.74) is 1.04. The van der Waals surface area contributed by atoms with Crippen LogP contribution in [0.2, 0.25) is 5.15 Å². The van der Waals surface area contributed by atoms with Crippen molar-refractivity contribution in [2.75, 3.05) is 18.5 Å². The van der Waals surface area contributed by atoms with Gasteiger partial charge in [0.2, 0.25) is 0 Å². The first-order valence-corrected chi connectivity index (χ1v) is 5.37. The molecule has 1 N–H and O–H groups in total. The summed E-state index contributed by atoms with van der Waals surface area (Å²) >= 11 is 8.00. The van der Waals surface area contributed by atoms with Crippen molar-refractivity contribution in [3.8, 4) is 0 Å². The van der Waals surface area contributed by atoms with Gasteiger partial charge in [-0.05, 0) is 28.7 Å². The highest BCUT2D eigenvalue weighted by atomic mass is 127. The molecule has 1 fully saturated rings. The van der Waals surface area contributed by atoms with Crippen molar-refractivity contribution in [3.63, 3.8) is 0 Å². The molecule has 3 nitrogen and oxygen atoms in total. The van der Waals surface area contributed by atoms with Gasteiger partial charge in [0.1, 0.15) is 5.15 Å². The van der Waals surface area contributed by atoms with Crippen molar-refractivity contribution in [1.82, 2.24) is 4.98 Å². The molecule has 0 amide bonds. The van der Waals surface area contributed by atoms with Crippen LogP contribution < -0.4 is 5.32 Å². The predicted molar refractivity (Wildman–Crippen MR) is 60.2 cm³/mol. The summed E-state index contributed by atoms with van der Waals surface area (Å²) in [6.45, 7) is 1.55. The van der Waals surface area contributed by atoms with Crippen molar-refractivity contribution >= 4 is 39.9 Å². The molecular weight excluding hydrogens is 302 g/mol. The molecule has 1 saturated heterocycles. The van der Waals surface area contributed by atoms with Crippen molar-refractivity contribution in [2.45, 2.75) is 6.04 Å². The largest absolute Gasteiger partial charge is 0.377 e. The Morgan fingerprint density at radius 1 is 1.62 bits per heavy atom. The highest BCUT2D eigenvalue weighted by molar-refractivity contribution is 14.1. The molecule has 1 aromatic rings. The number of anilines is 1. The number of rotatable bonds is 2. The maximum atomic E-state index is 5.78. The highest BCUT2D eigenvalue weighted by Crippen LogP contribution is 2.22. The number of aromatic nitrogens is 1. The minimum absolute atomic E-state index is 0.423. The van der Waals surface area contributed by atoms with Gasteiger partial charge in [0.25, 0.3) is 0 Å². The second kappa shape index (κ2) is 3.98. The van der Waals surface area contributed by atoms with E-state index >= 15 is 0 Å². The van der Waals surface area contributed by atoms with E-state index in [9.17, 15) is 0 Å². The van der Waals surface area contributed by atoms with Gasteiger partial charge in [-0.1, -0.05) is 11.6 Å². The van der Waals surface area contributed by atoms with E-state index in [0.717, 1.165) is 22.5 Å². The van der Waals surface area contributed by atoms with Crippen molar-refractivity contribution < 1.29 is 4.74 Å². The molecule has 0 radical (unpaired) electrons. The van der Waals surface area contributed by atoms with Crippen LogP contribution in [0.15, 0.2) is 12.3 Å². The van der Waals surface area contributed by atoms with E-state index in [0.29, 0.717) is 11.2 Å². The van der Waals surface area contributed by atoms with Crippen LogP contribution in [0.1, 0.15) is 0 Å². The van der Waals surface area contributed by atoms with E-state index in [2.05, 4.69) is 32.9 Å². The Labute approximate surface area is 95.0 Å². The first kappa shape index (κ1) is 9.48. The fourth-order valence-electron chi connectivity index (χ4n) is 1.06. The summed E-state index contributed by atoms with van der Waals surface area (Å²) in [6, 6.07) is 2.26. The third kappa shape index (κ3) is 2.24. The molecule has 0 saturated carbocycles. The minimum Gasteiger partial charge on any atom is -0.377 e. The molecule has 0 aromatic carbocycles. The van der Waals surface area contributed by atoms with E-state index in [1.807, 2.05) is 6.07 Å². The minimum atomic E-state index is 0.423. The highest BCUT2D eigenvalue weighted by Gasteiger charge is 2.18. The Hall–Kier alpha value is -0.0700. The third-order valence-electron chi connectivity index (χ3n) is 1.82. The monoisotopic (exact) mass is 310 g/mol. The molecule has 1 aromatic heterocycles. The van der Waals surface area contributed by atoms with Gasteiger partial charge in [-0.15, -0.1) is 0 Å². The van der Waals surface area contributed by atoms with Gasteiger partial charge in [0.15, 0.2) is 0 Å². The van der Waals surface area contributed by atoms with Crippen LogP contribution in [0.25, 0.3) is 0 Å². The summed E-state index contributed by atoms with van der Waals surface area (Å²) in [5, 5.41) is 3.85. The number of halogens is 2. The Balaban J connectivity index is 2.13. The first-order chi connectivity index (χ1) is 6.25. The van der Waals surface area contributed by atoms with Gasteiger partial charge >= 0.3 is 0 Å². The number of nitrogens with one attached hydrogen (secondary N) is 1. The molecule has 1 aliphatic rings. The van der Waals surface area contributed by atoms with Crippen molar-refractivity contribution in [3.05, 3.63) is 21.0 Å². The second-order valence-corrected chi connectivity index (χ2v) is 4.42. The average Bonchev–Trinajstić information content (AvgIpc) is 2.03. The summed E-state index contributed by atoms with van der Waals surface area (Å²) in [4.78, 5) is 3.98. The quantitative estimate of drug-likeness (QED) is 0.671. The van der Waals surface area contributed by atoms with Gasteiger partial charge in [-0.2, -0.15) is 0 Å². The Morgan fingerprint density at radius 2 is 2.38 bits per heavy atom. The third-order valence-corrected chi connectivity index (χ3v) is 2.89. The van der Waals surface area contributed by atoms with E-state index in [1.165, 1.54) is 0 Å². The van der Waals surface area contributed by atoms with Gasteiger partial charge in [0.05, 0.1) is 28.5 Å². The van der Waals surface area contributed by atoms with Crippen LogP contribution in [0.5, 0.6) is 0 Å². The van der Waals surface area contributed by atoms with Gasteiger partial charge in [-0.3, -0.25) is 0 Å². The second-order valence-electron chi connectivity index (χ2n) is 2.87. The van der Waals surface area contributed by atoms with Crippen LogP contribution >= 0.6 is 34.2 Å². The fraction of sp³-hybridized carbons (Fsp3) is 0.375. The molecule has 70 valence electrons. The Morgan fingerprint density at radius 3 is 3.00 bits per heavy atom. The van der Waals surface area contributed by atoms with E-state index in [-0.39, 0.29) is 0 Å². The molecule has 0 unspecified atom stereocenters. The maximum absolute atomic E-state index is 5.78. The molecule has 13 heavy (non-hydrogen) atoms. The van der Waals surface area contributed by atoms with Crippen LogP contribution in [-0.2, 0) is 4.74 Å². The zero-order chi connectivity index (χ0) is 9.26. The Bertz CT molecular complexity index is 317. The van der Waals surface area contributed by atoms with E-state index in [4.69, 9.17) is 16.3 Å². The van der Waals surface area contributed by atoms with Crippen molar-refractivity contribution in [1.29, 1.82) is 0 Å². The first-order valence-electron chi connectivity index (χ1n) is 3.91. The molecular formula is C8H8ClIN2O. The predicted octanol–water partition coefficient (Wildman–Crippen LogP) is 2.15. The molecule has 0 bridgehead atoms. The lowest BCUT2D eigenvalue weighted by Gasteiger charge is -2.28. The molecule has 0 aliphatic carbocycles. The number of ether oxygens (including phenoxy) is 1. The Kier molecular flexibility index (Phi) is 2.90. The zero-order valence-corrected chi connectivity index (χ0v) is 9.67. The lowest BCUT2D eigenvalue weighted by molar-refractivity contribution is 0.0211. The summed E-state index contributed by atoms with van der Waals surface area (Å²) in [6.07, 6.45) is 1.75. The number of pyridine rings is 1. The number of nitrogens with zero attached hydrogens (tertiary/aromatic N) is 1. The molecule has 2 heterocycles. The van der Waals surface area contributed by atoms with Crippen LogP contribution in [0.3, 0.4) is 0 Å². The number of hydrogen-bond donors (Lipinski definition) is 1. The molecule has 2 rings (SSSR count). The van der Waals surface area contributed by atoms with Gasteiger partial charge < -0.3 is 10.1 Å². The summed E-state index contributed by atoms with van der Waals surface area (Å²) in [7, 11) is 0. The molecule has 0 spiro atoms. The van der Waals surface area contributed by atoms with Gasteiger partial charge in [0, 0.05) is 6.20 Å². The SMILES string of the molecule is Clc1cc(NC2COC2)c(I)cn1. The van der Waals surface area contributed by atoms with Crippen molar-refractivity contribution in [2.24, 2.45) is 0 Å². The van der Waals surface area contributed by atoms with E-state index < -0.39 is 0 Å². The summed E-state index contributed by atoms with van der Waals surface area (Å²) < 4.78 is 6.14. The van der Waals surface area contributed by atoms with Crippen LogP contribution in [0.4, 0.5) is 5.69 Å². The normalized spacial score (nSPS) is 16.8. The lowest BCUT2D eigenvalue weighted by atomic mass is 10.2. The standard InChI is InChI=1S/C8H8ClIN2O/c9-8-1-7(6(10)2-11-8)12-5-3-13-4-5/h1-2,5H,3-4H2,(H,11,12). The fourth-order valence-corrected chi connectivity index (χ4v) is 1.67. The smallest absolute Gasteiger partial charge is 0.131 e. The van der Waals surface area contributed by atoms with E-state index in [1.54, 1.807) is 6.20 Å². The lowest BCUT2D eigenvalue weighted by Crippen LogP contribution is -2.40. The van der Waals surface area contributed by atoms with Crippen LogP contribution in [0, 0.1) is 3.57 Å². The van der Waals surface area contributed by atoms with Crippen LogP contribution in [-0.4, -0.2) is 24.2 Å². The maximum Gasteiger partial charge on any atom is 0.131 e. The number of hydrogen-bond acceptors (Lipinski definition) is 3.